The summed E-state index contributed by atoms with van der Waals surface area (Å²) in [6.07, 6.45) is 2.46. The zero-order valence-corrected chi connectivity index (χ0v) is 13.7. The second kappa shape index (κ2) is 6.61. The predicted molar refractivity (Wildman–Crippen MR) is 85.7 cm³/mol. The summed E-state index contributed by atoms with van der Waals surface area (Å²) in [6.45, 7) is 11.6. The van der Waals surface area contributed by atoms with Crippen LogP contribution in [0.25, 0.3) is 0 Å². The summed E-state index contributed by atoms with van der Waals surface area (Å²) in [6, 6.07) is 7.76. The standard InChI is InChI=1S/C18H27NO2/c1-14(13-19-11-5-6-12-19)21-17(20)15-7-9-16(10-8-15)18(2,3)4/h7-10,14H,5-6,11-13H2,1-4H3/t14-/m1/s1. The molecule has 3 nitrogen and oxygen atoms in total. The summed E-state index contributed by atoms with van der Waals surface area (Å²) >= 11 is 0. The summed E-state index contributed by atoms with van der Waals surface area (Å²) in [5, 5.41) is 0. The molecule has 0 unspecified atom stereocenters. The van der Waals surface area contributed by atoms with Gasteiger partial charge < -0.3 is 4.74 Å². The third kappa shape index (κ3) is 4.57. The van der Waals surface area contributed by atoms with Crippen molar-refractivity contribution in [3.63, 3.8) is 0 Å². The molecule has 1 heterocycles. The smallest absolute Gasteiger partial charge is 0.338 e. The van der Waals surface area contributed by atoms with Gasteiger partial charge in [-0.15, -0.1) is 0 Å². The van der Waals surface area contributed by atoms with Crippen molar-refractivity contribution in [3.05, 3.63) is 35.4 Å². The molecule has 2 rings (SSSR count). The molecule has 0 aromatic heterocycles. The van der Waals surface area contributed by atoms with Crippen LogP contribution in [0.5, 0.6) is 0 Å². The quantitative estimate of drug-likeness (QED) is 0.793. The van der Waals surface area contributed by atoms with Crippen LogP contribution in [0.2, 0.25) is 0 Å². The molecule has 0 N–H and O–H groups in total. The number of hydrogen-bond donors (Lipinski definition) is 0. The van der Waals surface area contributed by atoms with Gasteiger partial charge in [0, 0.05) is 6.54 Å². The molecule has 1 aliphatic rings. The molecule has 1 fully saturated rings. The maximum Gasteiger partial charge on any atom is 0.338 e. The number of nitrogens with zero attached hydrogens (tertiary/aromatic N) is 1. The second-order valence-electron chi connectivity index (χ2n) is 7.05. The Morgan fingerprint density at radius 3 is 2.29 bits per heavy atom. The lowest BCUT2D eigenvalue weighted by molar-refractivity contribution is 0.0271. The fourth-order valence-corrected chi connectivity index (χ4v) is 2.72. The molecular formula is C18H27NO2. The zero-order chi connectivity index (χ0) is 15.5. The van der Waals surface area contributed by atoms with Gasteiger partial charge in [-0.05, 0) is 56.0 Å². The van der Waals surface area contributed by atoms with Crippen LogP contribution >= 0.6 is 0 Å². The van der Waals surface area contributed by atoms with E-state index in [1.165, 1.54) is 18.4 Å². The van der Waals surface area contributed by atoms with E-state index in [0.717, 1.165) is 19.6 Å². The van der Waals surface area contributed by atoms with Gasteiger partial charge in [-0.3, -0.25) is 4.90 Å². The first-order valence-electron chi connectivity index (χ1n) is 7.90. The van der Waals surface area contributed by atoms with E-state index in [1.54, 1.807) is 0 Å². The Kier molecular flexibility index (Phi) is 5.04. The highest BCUT2D eigenvalue weighted by Gasteiger charge is 2.19. The highest BCUT2D eigenvalue weighted by Crippen LogP contribution is 2.22. The Hall–Kier alpha value is -1.35. The van der Waals surface area contributed by atoms with Gasteiger partial charge in [-0.25, -0.2) is 4.79 Å². The molecule has 1 aliphatic heterocycles. The highest BCUT2D eigenvalue weighted by atomic mass is 16.5. The Bertz CT molecular complexity index is 467. The molecule has 1 saturated heterocycles. The van der Waals surface area contributed by atoms with Gasteiger partial charge in [0.25, 0.3) is 0 Å². The molecule has 0 spiro atoms. The minimum Gasteiger partial charge on any atom is -0.458 e. The van der Waals surface area contributed by atoms with Crippen LogP contribution in [0.4, 0.5) is 0 Å². The lowest BCUT2D eigenvalue weighted by Crippen LogP contribution is -2.31. The Morgan fingerprint density at radius 2 is 1.76 bits per heavy atom. The van der Waals surface area contributed by atoms with Crippen molar-refractivity contribution in [1.29, 1.82) is 0 Å². The molecule has 0 saturated carbocycles. The predicted octanol–water partition coefficient (Wildman–Crippen LogP) is 3.63. The Morgan fingerprint density at radius 1 is 1.19 bits per heavy atom. The number of carbonyl (C=O) groups excluding carboxylic acids is 1. The number of carbonyl (C=O) groups is 1. The highest BCUT2D eigenvalue weighted by molar-refractivity contribution is 5.89. The van der Waals surface area contributed by atoms with Crippen LogP contribution < -0.4 is 0 Å². The fourth-order valence-electron chi connectivity index (χ4n) is 2.72. The average Bonchev–Trinajstić information content (AvgIpc) is 2.90. The first-order chi connectivity index (χ1) is 9.86. The number of benzene rings is 1. The van der Waals surface area contributed by atoms with Crippen LogP contribution in [-0.4, -0.2) is 36.6 Å². The van der Waals surface area contributed by atoms with Gasteiger partial charge in [-0.1, -0.05) is 32.9 Å². The van der Waals surface area contributed by atoms with Crippen molar-refractivity contribution >= 4 is 5.97 Å². The summed E-state index contributed by atoms with van der Waals surface area (Å²) in [5.74, 6) is -0.220. The lowest BCUT2D eigenvalue weighted by atomic mass is 9.87. The molecule has 21 heavy (non-hydrogen) atoms. The van der Waals surface area contributed by atoms with E-state index in [-0.39, 0.29) is 17.5 Å². The zero-order valence-electron chi connectivity index (χ0n) is 13.7. The normalized spacial score (nSPS) is 17.7. The third-order valence-electron chi connectivity index (χ3n) is 4.01. The second-order valence-corrected chi connectivity index (χ2v) is 7.05. The first kappa shape index (κ1) is 16.0. The molecule has 0 aliphatic carbocycles. The van der Waals surface area contributed by atoms with E-state index in [9.17, 15) is 4.79 Å². The van der Waals surface area contributed by atoms with Crippen LogP contribution in [0.3, 0.4) is 0 Å². The van der Waals surface area contributed by atoms with Gasteiger partial charge in [0.05, 0.1) is 5.56 Å². The maximum atomic E-state index is 12.1. The summed E-state index contributed by atoms with van der Waals surface area (Å²) in [5.41, 5.74) is 1.96. The number of hydrogen-bond acceptors (Lipinski definition) is 3. The minimum atomic E-state index is -0.220. The van der Waals surface area contributed by atoms with E-state index in [4.69, 9.17) is 4.74 Å². The fraction of sp³-hybridized carbons (Fsp3) is 0.611. The number of likely N-dealkylation sites (tertiary alicyclic amines) is 1. The first-order valence-corrected chi connectivity index (χ1v) is 7.90. The molecule has 0 bridgehead atoms. The number of rotatable bonds is 4. The number of esters is 1. The molecule has 0 radical (unpaired) electrons. The summed E-state index contributed by atoms with van der Waals surface area (Å²) in [4.78, 5) is 14.5. The van der Waals surface area contributed by atoms with E-state index < -0.39 is 0 Å². The lowest BCUT2D eigenvalue weighted by Gasteiger charge is -2.21. The van der Waals surface area contributed by atoms with Crippen LogP contribution in [0.1, 0.15) is 56.5 Å². The minimum absolute atomic E-state index is 0.0575. The average molecular weight is 289 g/mol. The van der Waals surface area contributed by atoms with Crippen LogP contribution in [0, 0.1) is 0 Å². The molecule has 1 atom stereocenters. The number of ether oxygens (including phenoxy) is 1. The van der Waals surface area contributed by atoms with Crippen molar-refractivity contribution in [1.82, 2.24) is 4.90 Å². The molecule has 0 amide bonds. The van der Waals surface area contributed by atoms with Crippen molar-refractivity contribution in [2.45, 2.75) is 52.1 Å². The monoisotopic (exact) mass is 289 g/mol. The SMILES string of the molecule is C[C@H](CN1CCCC1)OC(=O)c1ccc(C(C)(C)C)cc1. The van der Waals surface area contributed by atoms with E-state index in [1.807, 2.05) is 31.2 Å². The van der Waals surface area contributed by atoms with Crippen molar-refractivity contribution < 1.29 is 9.53 Å². The van der Waals surface area contributed by atoms with Gasteiger partial charge in [0.2, 0.25) is 0 Å². The van der Waals surface area contributed by atoms with Crippen molar-refractivity contribution in [2.75, 3.05) is 19.6 Å². The van der Waals surface area contributed by atoms with Crippen LogP contribution in [0.15, 0.2) is 24.3 Å². The summed E-state index contributed by atoms with van der Waals surface area (Å²) in [7, 11) is 0. The summed E-state index contributed by atoms with van der Waals surface area (Å²) < 4.78 is 5.54. The van der Waals surface area contributed by atoms with Gasteiger partial charge >= 0.3 is 5.97 Å². The van der Waals surface area contributed by atoms with E-state index >= 15 is 0 Å². The molecule has 3 heteroatoms. The van der Waals surface area contributed by atoms with Crippen molar-refractivity contribution in [2.24, 2.45) is 0 Å². The molecule has 116 valence electrons. The maximum absolute atomic E-state index is 12.1. The van der Waals surface area contributed by atoms with Crippen LogP contribution in [-0.2, 0) is 10.2 Å². The Labute approximate surface area is 128 Å². The Balaban J connectivity index is 1.90. The van der Waals surface area contributed by atoms with Crippen molar-refractivity contribution in [3.8, 4) is 0 Å². The third-order valence-corrected chi connectivity index (χ3v) is 4.01. The largest absolute Gasteiger partial charge is 0.458 e. The molecular weight excluding hydrogens is 262 g/mol. The topological polar surface area (TPSA) is 29.5 Å². The van der Waals surface area contributed by atoms with E-state index in [0.29, 0.717) is 5.56 Å². The molecule has 1 aromatic carbocycles. The molecule has 1 aromatic rings. The van der Waals surface area contributed by atoms with Gasteiger partial charge in [0.1, 0.15) is 6.10 Å². The van der Waals surface area contributed by atoms with E-state index in [2.05, 4.69) is 25.7 Å². The van der Waals surface area contributed by atoms with Gasteiger partial charge in [0.15, 0.2) is 0 Å². The van der Waals surface area contributed by atoms with Gasteiger partial charge in [-0.2, -0.15) is 0 Å².